The number of nitrogens with one attached hydrogen (secondary N) is 1. The SMILES string of the molecule is CCCNC(=O)c1ccc(N2C(=O)C(C)CS2(=O)=O)cc1Cl. The Labute approximate surface area is 134 Å². The van der Waals surface area contributed by atoms with E-state index in [0.29, 0.717) is 6.54 Å². The highest BCUT2D eigenvalue weighted by molar-refractivity contribution is 7.94. The van der Waals surface area contributed by atoms with Gasteiger partial charge < -0.3 is 5.32 Å². The van der Waals surface area contributed by atoms with Crippen molar-refractivity contribution in [1.29, 1.82) is 0 Å². The van der Waals surface area contributed by atoms with Crippen molar-refractivity contribution in [3.05, 3.63) is 28.8 Å². The lowest BCUT2D eigenvalue weighted by atomic mass is 10.1. The smallest absolute Gasteiger partial charge is 0.252 e. The van der Waals surface area contributed by atoms with Crippen LogP contribution in [0.4, 0.5) is 5.69 Å². The van der Waals surface area contributed by atoms with Crippen LogP contribution < -0.4 is 9.62 Å². The van der Waals surface area contributed by atoms with Crippen LogP contribution in [0.2, 0.25) is 5.02 Å². The molecule has 1 atom stereocenters. The number of carbonyl (C=O) groups is 2. The molecule has 0 radical (unpaired) electrons. The minimum Gasteiger partial charge on any atom is -0.352 e. The van der Waals surface area contributed by atoms with Crippen LogP contribution in [-0.4, -0.2) is 32.5 Å². The molecule has 1 unspecified atom stereocenters. The summed E-state index contributed by atoms with van der Waals surface area (Å²) >= 11 is 6.07. The van der Waals surface area contributed by atoms with Crippen LogP contribution in [0.3, 0.4) is 0 Å². The van der Waals surface area contributed by atoms with Gasteiger partial charge in [0.2, 0.25) is 15.9 Å². The van der Waals surface area contributed by atoms with E-state index >= 15 is 0 Å². The van der Waals surface area contributed by atoms with Crippen LogP contribution in [0.1, 0.15) is 30.6 Å². The molecule has 22 heavy (non-hydrogen) atoms. The zero-order chi connectivity index (χ0) is 16.5. The third-order valence-corrected chi connectivity index (χ3v) is 5.51. The van der Waals surface area contributed by atoms with E-state index in [9.17, 15) is 18.0 Å². The lowest BCUT2D eigenvalue weighted by Crippen LogP contribution is -2.30. The Hall–Kier alpha value is -1.60. The second-order valence-electron chi connectivity index (χ2n) is 5.20. The summed E-state index contributed by atoms with van der Waals surface area (Å²) in [5.74, 6) is -1.62. The predicted octanol–water partition coefficient (Wildman–Crippen LogP) is 1.79. The van der Waals surface area contributed by atoms with Gasteiger partial charge in [-0.05, 0) is 24.6 Å². The van der Waals surface area contributed by atoms with Gasteiger partial charge in [0.1, 0.15) is 0 Å². The molecule has 0 spiro atoms. The summed E-state index contributed by atoms with van der Waals surface area (Å²) in [5, 5.41) is 2.79. The number of rotatable bonds is 4. The monoisotopic (exact) mass is 344 g/mol. The highest BCUT2D eigenvalue weighted by Crippen LogP contribution is 2.31. The number of amides is 2. The quantitative estimate of drug-likeness (QED) is 0.902. The molecule has 0 aromatic heterocycles. The first-order chi connectivity index (χ1) is 10.3. The highest BCUT2D eigenvalue weighted by Gasteiger charge is 2.42. The summed E-state index contributed by atoms with van der Waals surface area (Å²) < 4.78 is 24.8. The van der Waals surface area contributed by atoms with E-state index in [4.69, 9.17) is 11.6 Å². The summed E-state index contributed by atoms with van der Waals surface area (Å²) in [4.78, 5) is 23.9. The highest BCUT2D eigenvalue weighted by atomic mass is 35.5. The van der Waals surface area contributed by atoms with Crippen LogP contribution in [-0.2, 0) is 14.8 Å². The number of carbonyl (C=O) groups excluding carboxylic acids is 2. The van der Waals surface area contributed by atoms with Gasteiger partial charge in [-0.25, -0.2) is 12.7 Å². The normalized spacial score (nSPS) is 20.2. The van der Waals surface area contributed by atoms with Gasteiger partial charge in [-0.15, -0.1) is 0 Å². The number of benzene rings is 1. The minimum atomic E-state index is -3.68. The van der Waals surface area contributed by atoms with E-state index in [1.807, 2.05) is 6.92 Å². The first kappa shape index (κ1) is 16.8. The molecule has 1 aromatic rings. The molecule has 1 aromatic carbocycles. The van der Waals surface area contributed by atoms with Crippen molar-refractivity contribution in [3.63, 3.8) is 0 Å². The molecule has 120 valence electrons. The van der Waals surface area contributed by atoms with E-state index in [1.54, 1.807) is 6.92 Å². The molecule has 8 heteroatoms. The first-order valence-electron chi connectivity index (χ1n) is 6.92. The largest absolute Gasteiger partial charge is 0.352 e. The predicted molar refractivity (Wildman–Crippen MR) is 84.5 cm³/mol. The Kier molecular flexibility index (Phi) is 4.77. The average Bonchev–Trinajstić information content (AvgIpc) is 2.64. The Bertz CT molecular complexity index is 718. The zero-order valence-corrected chi connectivity index (χ0v) is 13.9. The summed E-state index contributed by atoms with van der Waals surface area (Å²) in [6.07, 6.45) is 0.792. The molecule has 1 heterocycles. The fourth-order valence-electron chi connectivity index (χ4n) is 2.24. The van der Waals surface area contributed by atoms with Gasteiger partial charge in [0.05, 0.1) is 27.9 Å². The number of hydrogen-bond donors (Lipinski definition) is 1. The molecular weight excluding hydrogens is 328 g/mol. The maximum Gasteiger partial charge on any atom is 0.252 e. The van der Waals surface area contributed by atoms with Gasteiger partial charge in [0, 0.05) is 6.54 Å². The van der Waals surface area contributed by atoms with Gasteiger partial charge in [-0.3, -0.25) is 9.59 Å². The van der Waals surface area contributed by atoms with Crippen molar-refractivity contribution in [1.82, 2.24) is 5.32 Å². The summed E-state index contributed by atoms with van der Waals surface area (Å²) in [7, 11) is -3.68. The number of anilines is 1. The molecule has 1 saturated heterocycles. The van der Waals surface area contributed by atoms with Crippen LogP contribution in [0, 0.1) is 5.92 Å². The van der Waals surface area contributed by atoms with Crippen molar-refractivity contribution in [2.75, 3.05) is 16.6 Å². The van der Waals surface area contributed by atoms with Crippen molar-refractivity contribution in [2.45, 2.75) is 20.3 Å². The van der Waals surface area contributed by atoms with E-state index in [0.717, 1.165) is 10.7 Å². The maximum absolute atomic E-state index is 12.0. The molecule has 2 amide bonds. The number of sulfonamides is 1. The van der Waals surface area contributed by atoms with E-state index in [1.165, 1.54) is 18.2 Å². The van der Waals surface area contributed by atoms with E-state index < -0.39 is 21.8 Å². The molecule has 1 aliphatic heterocycles. The summed E-state index contributed by atoms with van der Waals surface area (Å²) in [6, 6.07) is 4.17. The Morgan fingerprint density at radius 3 is 2.64 bits per heavy atom. The third-order valence-electron chi connectivity index (χ3n) is 3.33. The molecule has 0 aliphatic carbocycles. The fourth-order valence-corrected chi connectivity index (χ4v) is 4.31. The average molecular weight is 345 g/mol. The summed E-state index contributed by atoms with van der Waals surface area (Å²) in [5.41, 5.74) is 0.405. The first-order valence-corrected chi connectivity index (χ1v) is 8.91. The van der Waals surface area contributed by atoms with Crippen molar-refractivity contribution < 1.29 is 18.0 Å². The van der Waals surface area contributed by atoms with Crippen molar-refractivity contribution >= 4 is 39.1 Å². The van der Waals surface area contributed by atoms with Crippen molar-refractivity contribution in [2.24, 2.45) is 5.92 Å². The van der Waals surface area contributed by atoms with Gasteiger partial charge in [-0.2, -0.15) is 0 Å². The van der Waals surface area contributed by atoms with E-state index in [2.05, 4.69) is 5.32 Å². The maximum atomic E-state index is 12.0. The standard InChI is InChI=1S/C14H17ClN2O4S/c1-3-6-16-13(18)11-5-4-10(7-12(11)15)17-14(19)9(2)8-22(17,20)21/h4-5,7,9H,3,6,8H2,1-2H3,(H,16,18). The van der Waals surface area contributed by atoms with Crippen LogP contribution in [0.25, 0.3) is 0 Å². The third kappa shape index (κ3) is 3.10. The number of halogens is 1. The fraction of sp³-hybridized carbons (Fsp3) is 0.429. The molecule has 0 bridgehead atoms. The lowest BCUT2D eigenvalue weighted by Gasteiger charge is -2.16. The Morgan fingerprint density at radius 1 is 1.45 bits per heavy atom. The molecule has 0 saturated carbocycles. The number of nitrogens with zero attached hydrogens (tertiary/aromatic N) is 1. The van der Waals surface area contributed by atoms with Gasteiger partial charge >= 0.3 is 0 Å². The van der Waals surface area contributed by atoms with Crippen LogP contribution in [0.5, 0.6) is 0 Å². The molecule has 6 nitrogen and oxygen atoms in total. The molecule has 1 fully saturated rings. The molecular formula is C14H17ClN2O4S. The second kappa shape index (κ2) is 6.26. The second-order valence-corrected chi connectivity index (χ2v) is 7.47. The number of hydrogen-bond acceptors (Lipinski definition) is 4. The lowest BCUT2D eigenvalue weighted by molar-refractivity contribution is -0.119. The molecule has 1 aliphatic rings. The molecule has 2 rings (SSSR count). The zero-order valence-electron chi connectivity index (χ0n) is 12.3. The summed E-state index contributed by atoms with van der Waals surface area (Å²) in [6.45, 7) is 4.01. The van der Waals surface area contributed by atoms with Crippen LogP contribution >= 0.6 is 11.6 Å². The molecule has 1 N–H and O–H groups in total. The van der Waals surface area contributed by atoms with Gasteiger partial charge in [0.15, 0.2) is 0 Å². The van der Waals surface area contributed by atoms with Gasteiger partial charge in [0.25, 0.3) is 5.91 Å². The van der Waals surface area contributed by atoms with Crippen LogP contribution in [0.15, 0.2) is 18.2 Å². The topological polar surface area (TPSA) is 83.6 Å². The van der Waals surface area contributed by atoms with Gasteiger partial charge in [-0.1, -0.05) is 25.4 Å². The van der Waals surface area contributed by atoms with Crippen molar-refractivity contribution in [3.8, 4) is 0 Å². The Balaban J connectivity index is 2.34. The van der Waals surface area contributed by atoms with E-state index in [-0.39, 0.29) is 27.9 Å². The minimum absolute atomic E-state index is 0.105. The Morgan fingerprint density at radius 2 is 2.14 bits per heavy atom.